The summed E-state index contributed by atoms with van der Waals surface area (Å²) in [6.07, 6.45) is -3.39. The molecule has 1 aliphatic rings. The standard InChI is InChI=1S/C23H20F4N4O2S/c24-16-6-8-17(9-7-16)29-22-30-18(13-34-22)21(33)31-10-2-5-19(31)20(32)28-12-14-3-1-4-15(11-14)23(25,26)27/h1,3-4,6-9,11,13,19H,2,5,10,12H2,(H,28,32)(H,29,30). The molecule has 4 rings (SSSR count). The predicted octanol–water partition coefficient (Wildman–Crippen LogP) is 4.97. The molecule has 178 valence electrons. The number of carbonyl (C=O) groups excluding carboxylic acids is 2. The Kier molecular flexibility index (Phi) is 6.82. The van der Waals surface area contributed by atoms with E-state index in [9.17, 15) is 27.2 Å². The van der Waals surface area contributed by atoms with Crippen LogP contribution in [0.5, 0.6) is 0 Å². The van der Waals surface area contributed by atoms with Crippen molar-refractivity contribution >= 4 is 34.0 Å². The fourth-order valence-corrected chi connectivity index (χ4v) is 4.38. The Morgan fingerprint density at radius 3 is 2.65 bits per heavy atom. The number of likely N-dealkylation sites (tertiary alicyclic amines) is 1. The molecule has 0 spiro atoms. The van der Waals surface area contributed by atoms with Gasteiger partial charge in [0, 0.05) is 24.2 Å². The largest absolute Gasteiger partial charge is 0.416 e. The zero-order valence-electron chi connectivity index (χ0n) is 17.7. The number of nitrogens with one attached hydrogen (secondary N) is 2. The van der Waals surface area contributed by atoms with Gasteiger partial charge in [-0.1, -0.05) is 12.1 Å². The number of hydrogen-bond donors (Lipinski definition) is 2. The first-order valence-electron chi connectivity index (χ1n) is 10.4. The third-order valence-electron chi connectivity index (χ3n) is 5.36. The minimum atomic E-state index is -4.47. The Balaban J connectivity index is 1.38. The van der Waals surface area contributed by atoms with Crippen LogP contribution in [-0.4, -0.2) is 34.3 Å². The Labute approximate surface area is 196 Å². The third-order valence-corrected chi connectivity index (χ3v) is 6.11. The van der Waals surface area contributed by atoms with Gasteiger partial charge in [0.25, 0.3) is 5.91 Å². The number of carbonyl (C=O) groups is 2. The maximum Gasteiger partial charge on any atom is 0.416 e. The lowest BCUT2D eigenvalue weighted by atomic mass is 10.1. The molecule has 1 atom stereocenters. The number of aromatic nitrogens is 1. The van der Waals surface area contributed by atoms with Gasteiger partial charge < -0.3 is 15.5 Å². The van der Waals surface area contributed by atoms with Gasteiger partial charge in [0.05, 0.1) is 5.56 Å². The van der Waals surface area contributed by atoms with Crippen LogP contribution in [0, 0.1) is 5.82 Å². The summed E-state index contributed by atoms with van der Waals surface area (Å²) in [5.41, 5.74) is 0.315. The first-order valence-corrected chi connectivity index (χ1v) is 11.3. The van der Waals surface area contributed by atoms with Gasteiger partial charge in [-0.25, -0.2) is 9.37 Å². The molecule has 1 fully saturated rings. The van der Waals surface area contributed by atoms with Crippen molar-refractivity contribution in [1.82, 2.24) is 15.2 Å². The molecule has 2 amide bonds. The van der Waals surface area contributed by atoms with E-state index in [-0.39, 0.29) is 18.1 Å². The molecule has 34 heavy (non-hydrogen) atoms. The molecule has 11 heteroatoms. The molecule has 6 nitrogen and oxygen atoms in total. The van der Waals surface area contributed by atoms with Crippen molar-refractivity contribution in [3.8, 4) is 0 Å². The highest BCUT2D eigenvalue weighted by molar-refractivity contribution is 7.14. The van der Waals surface area contributed by atoms with Crippen LogP contribution in [0.4, 0.5) is 28.4 Å². The highest BCUT2D eigenvalue weighted by atomic mass is 32.1. The maximum absolute atomic E-state index is 13.1. The van der Waals surface area contributed by atoms with Crippen LogP contribution in [0.1, 0.15) is 34.5 Å². The van der Waals surface area contributed by atoms with E-state index in [1.54, 1.807) is 17.5 Å². The summed E-state index contributed by atoms with van der Waals surface area (Å²) >= 11 is 1.20. The van der Waals surface area contributed by atoms with Crippen molar-refractivity contribution in [3.05, 3.63) is 76.5 Å². The highest BCUT2D eigenvalue weighted by Crippen LogP contribution is 2.30. The van der Waals surface area contributed by atoms with Crippen LogP contribution in [0.3, 0.4) is 0 Å². The van der Waals surface area contributed by atoms with E-state index < -0.39 is 29.6 Å². The molecule has 0 saturated carbocycles. The monoisotopic (exact) mass is 492 g/mol. The number of benzene rings is 2. The first kappa shape index (κ1) is 23.7. The zero-order chi connectivity index (χ0) is 24.3. The van der Waals surface area contributed by atoms with Crippen LogP contribution in [-0.2, 0) is 17.5 Å². The van der Waals surface area contributed by atoms with E-state index in [1.807, 2.05) is 0 Å². The van der Waals surface area contributed by atoms with Crippen LogP contribution < -0.4 is 10.6 Å². The molecule has 1 unspecified atom stereocenters. The lowest BCUT2D eigenvalue weighted by Gasteiger charge is -2.23. The van der Waals surface area contributed by atoms with Crippen molar-refractivity contribution in [2.45, 2.75) is 31.6 Å². The molecule has 2 heterocycles. The summed E-state index contributed by atoms with van der Waals surface area (Å²) in [7, 11) is 0. The van der Waals surface area contributed by atoms with Gasteiger partial charge >= 0.3 is 6.18 Å². The summed E-state index contributed by atoms with van der Waals surface area (Å²) in [5.74, 6) is -1.20. The topological polar surface area (TPSA) is 74.3 Å². The van der Waals surface area contributed by atoms with Crippen molar-refractivity contribution < 1.29 is 27.2 Å². The molecule has 0 aliphatic carbocycles. The Morgan fingerprint density at radius 2 is 1.91 bits per heavy atom. The second kappa shape index (κ2) is 9.80. The zero-order valence-corrected chi connectivity index (χ0v) is 18.5. The maximum atomic E-state index is 13.1. The molecule has 3 aromatic rings. The van der Waals surface area contributed by atoms with Crippen LogP contribution in [0.2, 0.25) is 0 Å². The van der Waals surface area contributed by atoms with Crippen molar-refractivity contribution in [1.29, 1.82) is 0 Å². The van der Waals surface area contributed by atoms with E-state index in [0.29, 0.717) is 35.8 Å². The molecule has 1 saturated heterocycles. The quantitative estimate of drug-likeness (QED) is 0.477. The van der Waals surface area contributed by atoms with Crippen molar-refractivity contribution in [2.75, 3.05) is 11.9 Å². The minimum Gasteiger partial charge on any atom is -0.350 e. The van der Waals surface area contributed by atoms with E-state index in [4.69, 9.17) is 0 Å². The lowest BCUT2D eigenvalue weighted by Crippen LogP contribution is -2.45. The van der Waals surface area contributed by atoms with Crippen LogP contribution in [0.15, 0.2) is 53.9 Å². The molecule has 2 aromatic carbocycles. The number of thiazole rings is 1. The van der Waals surface area contributed by atoms with Crippen LogP contribution >= 0.6 is 11.3 Å². The average Bonchev–Trinajstić information content (AvgIpc) is 3.48. The Morgan fingerprint density at radius 1 is 1.15 bits per heavy atom. The number of nitrogens with zero attached hydrogens (tertiary/aromatic N) is 2. The summed E-state index contributed by atoms with van der Waals surface area (Å²) in [4.78, 5) is 31.4. The summed E-state index contributed by atoms with van der Waals surface area (Å²) in [6, 6.07) is 9.70. The molecule has 0 radical (unpaired) electrons. The molecular formula is C23H20F4N4O2S. The number of alkyl halides is 3. The van der Waals surface area contributed by atoms with Crippen molar-refractivity contribution in [2.24, 2.45) is 0 Å². The normalized spacial score (nSPS) is 15.9. The van der Waals surface area contributed by atoms with E-state index in [0.717, 1.165) is 12.1 Å². The van der Waals surface area contributed by atoms with Gasteiger partial charge in [-0.05, 0) is 54.8 Å². The fraction of sp³-hybridized carbons (Fsp3) is 0.261. The molecule has 1 aromatic heterocycles. The Hall–Kier alpha value is -3.47. The van der Waals surface area contributed by atoms with Gasteiger partial charge in [-0.2, -0.15) is 13.2 Å². The number of halogens is 4. The molecule has 1 aliphatic heterocycles. The van der Waals surface area contributed by atoms with E-state index in [1.165, 1.54) is 40.5 Å². The number of amides is 2. The van der Waals surface area contributed by atoms with Gasteiger partial charge in [0.2, 0.25) is 5.91 Å². The molecule has 0 bridgehead atoms. The first-order chi connectivity index (χ1) is 16.2. The van der Waals surface area contributed by atoms with Crippen molar-refractivity contribution in [3.63, 3.8) is 0 Å². The van der Waals surface area contributed by atoms with E-state index in [2.05, 4.69) is 15.6 Å². The molecular weight excluding hydrogens is 472 g/mol. The second-order valence-corrected chi connectivity index (χ2v) is 8.60. The lowest BCUT2D eigenvalue weighted by molar-refractivity contribution is -0.137. The minimum absolute atomic E-state index is 0.0796. The number of hydrogen-bond acceptors (Lipinski definition) is 5. The third kappa shape index (κ3) is 5.53. The second-order valence-electron chi connectivity index (χ2n) is 7.74. The van der Waals surface area contributed by atoms with Gasteiger partial charge in [0.15, 0.2) is 5.13 Å². The van der Waals surface area contributed by atoms with Gasteiger partial charge in [-0.3, -0.25) is 9.59 Å². The predicted molar refractivity (Wildman–Crippen MR) is 119 cm³/mol. The summed E-state index contributed by atoms with van der Waals surface area (Å²) < 4.78 is 51.7. The van der Waals surface area contributed by atoms with Crippen LogP contribution in [0.25, 0.3) is 0 Å². The van der Waals surface area contributed by atoms with Gasteiger partial charge in [-0.15, -0.1) is 11.3 Å². The number of anilines is 2. The van der Waals surface area contributed by atoms with E-state index >= 15 is 0 Å². The molecule has 2 N–H and O–H groups in total. The SMILES string of the molecule is O=C(NCc1cccc(C(F)(F)F)c1)C1CCCN1C(=O)c1csc(Nc2ccc(F)cc2)n1. The summed E-state index contributed by atoms with van der Waals surface area (Å²) in [6.45, 7) is 0.294. The average molecular weight is 492 g/mol. The smallest absolute Gasteiger partial charge is 0.350 e. The Bertz CT molecular complexity index is 1180. The number of rotatable bonds is 6. The highest BCUT2D eigenvalue weighted by Gasteiger charge is 2.35. The van der Waals surface area contributed by atoms with Gasteiger partial charge in [0.1, 0.15) is 17.6 Å². The summed E-state index contributed by atoms with van der Waals surface area (Å²) in [5, 5.41) is 7.65. The fourth-order valence-electron chi connectivity index (χ4n) is 3.68.